The number of carbonyl (C=O) groups is 2. The Labute approximate surface area is 235 Å². The predicted octanol–water partition coefficient (Wildman–Crippen LogP) is 4.80. The largest absolute Gasteiger partial charge is 0.491 e. The zero-order chi connectivity index (χ0) is 27.7. The van der Waals surface area contributed by atoms with Crippen LogP contribution in [0.5, 0.6) is 5.75 Å². The Hall–Kier alpha value is -3.53. The minimum atomic E-state index is -1.52. The van der Waals surface area contributed by atoms with Crippen LogP contribution in [0, 0.1) is 5.82 Å². The van der Waals surface area contributed by atoms with Crippen molar-refractivity contribution in [2.24, 2.45) is 0 Å². The first kappa shape index (κ1) is 25.7. The maximum absolute atomic E-state index is 14.8. The van der Waals surface area contributed by atoms with Gasteiger partial charge in [0, 0.05) is 23.7 Å². The van der Waals surface area contributed by atoms with E-state index in [-0.39, 0.29) is 22.1 Å². The molecule has 2 N–H and O–H groups in total. The second-order valence-electron chi connectivity index (χ2n) is 10.4. The number of thiocarbonyl (C=S) groups is 1. The van der Waals surface area contributed by atoms with E-state index < -0.39 is 28.7 Å². The SMILES string of the molecule is CC(C)Oc1ccc(C2CN(C)[C@]3(C(=O)Nc4ccccc43)[C@]23NC(=S)N(c2ccc(F)c(Cl)c2)C3=O)cc1. The molecule has 0 aromatic heterocycles. The van der Waals surface area contributed by atoms with E-state index in [2.05, 4.69) is 10.6 Å². The first-order chi connectivity index (χ1) is 18.6. The zero-order valence-electron chi connectivity index (χ0n) is 21.5. The van der Waals surface area contributed by atoms with Crippen molar-refractivity contribution in [2.45, 2.75) is 36.9 Å². The number of anilines is 2. The van der Waals surface area contributed by atoms with Gasteiger partial charge in [-0.2, -0.15) is 0 Å². The summed E-state index contributed by atoms with van der Waals surface area (Å²) in [5, 5.41) is 6.30. The molecule has 0 saturated carbocycles. The number of likely N-dealkylation sites (N-methyl/N-ethyl adjacent to an activating group) is 1. The highest BCUT2D eigenvalue weighted by Crippen LogP contribution is 2.59. The van der Waals surface area contributed by atoms with Crippen molar-refractivity contribution >= 4 is 52.1 Å². The number of ether oxygens (including phenoxy) is 1. The lowest BCUT2D eigenvalue weighted by Crippen LogP contribution is -2.68. The number of fused-ring (bicyclic) bond motifs is 3. The molecule has 1 unspecified atom stereocenters. The van der Waals surface area contributed by atoms with Crippen LogP contribution in [-0.2, 0) is 15.1 Å². The van der Waals surface area contributed by atoms with Gasteiger partial charge in [0.2, 0.25) is 0 Å². The Morgan fingerprint density at radius 1 is 1.10 bits per heavy atom. The van der Waals surface area contributed by atoms with Crippen molar-refractivity contribution in [3.63, 3.8) is 0 Å². The summed E-state index contributed by atoms with van der Waals surface area (Å²) in [6.45, 7) is 4.28. The summed E-state index contributed by atoms with van der Waals surface area (Å²) in [7, 11) is 1.84. The monoisotopic (exact) mass is 564 g/mol. The smallest absolute Gasteiger partial charge is 0.262 e. The van der Waals surface area contributed by atoms with Gasteiger partial charge in [-0.3, -0.25) is 19.4 Å². The summed E-state index contributed by atoms with van der Waals surface area (Å²) in [6, 6.07) is 19.0. The molecule has 200 valence electrons. The molecule has 6 rings (SSSR count). The average Bonchev–Trinajstić information content (AvgIpc) is 3.45. The van der Waals surface area contributed by atoms with Crippen LogP contribution in [-0.4, -0.2) is 47.1 Å². The number of amides is 2. The highest BCUT2D eigenvalue weighted by molar-refractivity contribution is 7.80. The molecular formula is C29H26ClFN4O3S. The van der Waals surface area contributed by atoms with Gasteiger partial charge >= 0.3 is 0 Å². The molecular weight excluding hydrogens is 539 g/mol. The molecule has 3 aromatic carbocycles. The van der Waals surface area contributed by atoms with Gasteiger partial charge in [-0.1, -0.05) is 41.9 Å². The molecule has 2 amide bonds. The van der Waals surface area contributed by atoms with Crippen LogP contribution in [0.3, 0.4) is 0 Å². The lowest BCUT2D eigenvalue weighted by atomic mass is 9.67. The normalized spacial score (nSPS) is 26.1. The summed E-state index contributed by atoms with van der Waals surface area (Å²) in [5.41, 5.74) is -0.453. The number of benzene rings is 3. The third-order valence-corrected chi connectivity index (χ3v) is 8.45. The number of likely N-dealkylation sites (tertiary alicyclic amines) is 1. The number of hydrogen-bond acceptors (Lipinski definition) is 5. The molecule has 3 aromatic rings. The van der Waals surface area contributed by atoms with E-state index in [1.165, 1.54) is 23.1 Å². The lowest BCUT2D eigenvalue weighted by molar-refractivity contribution is -0.137. The molecule has 0 bridgehead atoms. The third-order valence-electron chi connectivity index (χ3n) is 7.88. The van der Waals surface area contributed by atoms with Crippen LogP contribution >= 0.6 is 23.8 Å². The lowest BCUT2D eigenvalue weighted by Gasteiger charge is -2.42. The second kappa shape index (κ2) is 9.01. The summed E-state index contributed by atoms with van der Waals surface area (Å²) in [4.78, 5) is 32.1. The molecule has 0 radical (unpaired) electrons. The maximum atomic E-state index is 14.8. The third kappa shape index (κ3) is 3.46. The van der Waals surface area contributed by atoms with Gasteiger partial charge in [-0.25, -0.2) is 4.39 Å². The van der Waals surface area contributed by atoms with Crippen molar-refractivity contribution in [1.82, 2.24) is 10.2 Å². The Morgan fingerprint density at radius 3 is 2.51 bits per heavy atom. The van der Waals surface area contributed by atoms with Crippen molar-refractivity contribution in [3.05, 3.63) is 88.7 Å². The van der Waals surface area contributed by atoms with E-state index in [0.29, 0.717) is 29.2 Å². The quantitative estimate of drug-likeness (QED) is 0.443. The van der Waals surface area contributed by atoms with Gasteiger partial charge in [-0.05, 0) is 75.1 Å². The number of halogens is 2. The summed E-state index contributed by atoms with van der Waals surface area (Å²) in [6.07, 6.45) is 0.00769. The number of nitrogens with zero attached hydrogens (tertiary/aromatic N) is 2. The van der Waals surface area contributed by atoms with E-state index in [0.717, 1.165) is 5.56 Å². The molecule has 3 heterocycles. The van der Waals surface area contributed by atoms with Gasteiger partial charge in [0.15, 0.2) is 16.2 Å². The van der Waals surface area contributed by atoms with E-state index >= 15 is 0 Å². The van der Waals surface area contributed by atoms with Crippen LogP contribution in [0.4, 0.5) is 15.8 Å². The van der Waals surface area contributed by atoms with Crippen molar-refractivity contribution in [3.8, 4) is 5.75 Å². The van der Waals surface area contributed by atoms with E-state index in [4.69, 9.17) is 28.6 Å². The Morgan fingerprint density at radius 2 is 1.82 bits per heavy atom. The summed E-state index contributed by atoms with van der Waals surface area (Å²) in [5.74, 6) is -1.13. The number of hydrogen-bond donors (Lipinski definition) is 2. The van der Waals surface area contributed by atoms with Crippen LogP contribution in [0.1, 0.15) is 30.9 Å². The van der Waals surface area contributed by atoms with E-state index in [1.807, 2.05) is 74.3 Å². The van der Waals surface area contributed by atoms with E-state index in [1.54, 1.807) is 0 Å². The molecule has 7 nitrogen and oxygen atoms in total. The molecule has 3 aliphatic heterocycles. The fraction of sp³-hybridized carbons (Fsp3) is 0.276. The first-order valence-corrected chi connectivity index (χ1v) is 13.4. The first-order valence-electron chi connectivity index (χ1n) is 12.6. The topological polar surface area (TPSA) is 73.9 Å². The highest BCUT2D eigenvalue weighted by Gasteiger charge is 2.77. The van der Waals surface area contributed by atoms with Crippen molar-refractivity contribution < 1.29 is 18.7 Å². The van der Waals surface area contributed by atoms with Crippen molar-refractivity contribution in [1.29, 1.82) is 0 Å². The zero-order valence-corrected chi connectivity index (χ0v) is 23.1. The highest BCUT2D eigenvalue weighted by atomic mass is 35.5. The standard InChI is InChI=1S/C29H26ClFN4O3S/c1-16(2)38-19-11-8-17(9-12-19)21-15-34(3)29(20-6-4-5-7-24(20)32-25(29)36)28(21)26(37)35(27(39)33-28)18-10-13-23(31)22(30)14-18/h4-14,16,21H,15H2,1-3H3,(H,32,36)(H,33,39)/t21?,28-,29+/m0/s1. The molecule has 0 aliphatic carbocycles. The summed E-state index contributed by atoms with van der Waals surface area (Å²) >= 11 is 11.8. The van der Waals surface area contributed by atoms with E-state index in [9.17, 15) is 14.0 Å². The predicted molar refractivity (Wildman–Crippen MR) is 152 cm³/mol. The van der Waals surface area contributed by atoms with Crippen molar-refractivity contribution in [2.75, 3.05) is 23.8 Å². The van der Waals surface area contributed by atoms with Crippen LogP contribution < -0.4 is 20.3 Å². The molecule has 3 atom stereocenters. The van der Waals surface area contributed by atoms with Crippen LogP contribution in [0.15, 0.2) is 66.7 Å². The van der Waals surface area contributed by atoms with Gasteiger partial charge in [0.05, 0.1) is 16.8 Å². The molecule has 2 spiro atoms. The fourth-order valence-corrected chi connectivity index (χ4v) is 6.93. The second-order valence-corrected chi connectivity index (χ2v) is 11.1. The Kier molecular flexibility index (Phi) is 5.94. The number of para-hydroxylation sites is 1. The van der Waals surface area contributed by atoms with Crippen LogP contribution in [0.2, 0.25) is 5.02 Å². The van der Waals surface area contributed by atoms with Crippen LogP contribution in [0.25, 0.3) is 0 Å². The number of rotatable bonds is 4. The van der Waals surface area contributed by atoms with Gasteiger partial charge < -0.3 is 15.4 Å². The Bertz CT molecular complexity index is 1530. The minimum Gasteiger partial charge on any atom is -0.491 e. The molecule has 2 fully saturated rings. The molecule has 39 heavy (non-hydrogen) atoms. The Balaban J connectivity index is 1.57. The number of carbonyl (C=O) groups excluding carboxylic acids is 2. The molecule has 2 saturated heterocycles. The van der Waals surface area contributed by atoms with Gasteiger partial charge in [-0.15, -0.1) is 0 Å². The maximum Gasteiger partial charge on any atom is 0.262 e. The van der Waals surface area contributed by atoms with Gasteiger partial charge in [0.1, 0.15) is 11.6 Å². The minimum absolute atomic E-state index is 0.00769. The number of nitrogens with one attached hydrogen (secondary N) is 2. The average molecular weight is 565 g/mol. The molecule has 10 heteroatoms. The molecule has 3 aliphatic rings. The summed E-state index contributed by atoms with van der Waals surface area (Å²) < 4.78 is 19.9. The fourth-order valence-electron chi connectivity index (χ4n) is 6.41. The van der Waals surface area contributed by atoms with Gasteiger partial charge in [0.25, 0.3) is 11.8 Å².